The molecule has 0 heterocycles. The van der Waals surface area contributed by atoms with E-state index >= 15 is 0 Å². The zero-order valence-electron chi connectivity index (χ0n) is 17.3. The molecule has 0 aliphatic carbocycles. The van der Waals surface area contributed by atoms with E-state index in [2.05, 4.69) is 4.74 Å². The summed E-state index contributed by atoms with van der Waals surface area (Å²) in [6, 6.07) is 0.510. The molecule has 0 saturated carbocycles. The molecule has 0 atom stereocenters. The fourth-order valence-corrected chi connectivity index (χ4v) is 2.52. The molecule has 1 aromatic rings. The maximum atomic E-state index is 13.7. The Morgan fingerprint density at radius 2 is 1.11 bits per heavy atom. The van der Waals surface area contributed by atoms with Gasteiger partial charge in [0.15, 0.2) is 0 Å². The van der Waals surface area contributed by atoms with Crippen molar-refractivity contribution < 1.29 is 122 Å². The molecule has 0 saturated heterocycles. The van der Waals surface area contributed by atoms with Crippen molar-refractivity contribution in [1.29, 1.82) is 0 Å². The monoisotopic (exact) mass is 626 g/mol. The fraction of sp³-hybridized carbons (Fsp3) is 0.467. The fourth-order valence-electron chi connectivity index (χ4n) is 2.02. The van der Waals surface area contributed by atoms with Crippen LogP contribution in [-0.2, 0) is 10.1 Å². The number of rotatable bonds is 9. The van der Waals surface area contributed by atoms with Gasteiger partial charge in [0.2, 0.25) is 11.7 Å². The summed E-state index contributed by atoms with van der Waals surface area (Å²) < 4.78 is 258. The molecule has 0 aliphatic rings. The van der Waals surface area contributed by atoms with E-state index < -0.39 is 74.3 Å². The second kappa shape index (κ2) is 10.5. The SMILES string of the molecule is O=S(=O)([O-])c1cccc(OC(F)(F)C(F)(F)/C(F)=C(\F)C(F)(F)C(F)(F)C(F)(F)C(F)(F)C(F)(F)F)c1.[Na+]. The third-order valence-corrected chi connectivity index (χ3v) is 4.82. The van der Waals surface area contributed by atoms with Crippen LogP contribution in [0.3, 0.4) is 0 Å². The Labute approximate surface area is 220 Å². The van der Waals surface area contributed by atoms with Crippen LogP contribution in [-0.4, -0.2) is 54.9 Å². The van der Waals surface area contributed by atoms with Crippen LogP contribution in [0.25, 0.3) is 0 Å². The molecule has 214 valence electrons. The summed E-state index contributed by atoms with van der Waals surface area (Å²) in [6.45, 7) is 0. The van der Waals surface area contributed by atoms with Crippen LogP contribution >= 0.6 is 0 Å². The number of alkyl halides is 15. The van der Waals surface area contributed by atoms with Crippen LogP contribution in [0.1, 0.15) is 0 Å². The van der Waals surface area contributed by atoms with E-state index in [0.717, 1.165) is 0 Å². The molecular formula is C15H4F17NaO4S. The predicted octanol–water partition coefficient (Wildman–Crippen LogP) is 3.46. The Kier molecular flexibility index (Phi) is 10.0. The van der Waals surface area contributed by atoms with Crippen LogP contribution in [0.4, 0.5) is 74.6 Å². The summed E-state index contributed by atoms with van der Waals surface area (Å²) in [7, 11) is -5.52. The van der Waals surface area contributed by atoms with Crippen LogP contribution in [0.2, 0.25) is 0 Å². The Bertz CT molecular complexity index is 1160. The van der Waals surface area contributed by atoms with E-state index in [1.54, 1.807) is 0 Å². The van der Waals surface area contributed by atoms with Gasteiger partial charge in [-0.05, 0) is 18.2 Å². The molecule has 0 amide bonds. The summed E-state index contributed by atoms with van der Waals surface area (Å²) in [6.07, 6.45) is -14.5. The third kappa shape index (κ3) is 5.97. The first kappa shape index (κ1) is 36.5. The van der Waals surface area contributed by atoms with Crippen LogP contribution in [0, 0.1) is 0 Å². The molecule has 0 fully saturated rings. The van der Waals surface area contributed by atoms with E-state index in [9.17, 15) is 87.6 Å². The minimum Gasteiger partial charge on any atom is -0.744 e. The van der Waals surface area contributed by atoms with Crippen molar-refractivity contribution in [3.05, 3.63) is 35.9 Å². The Balaban J connectivity index is 0.0000137. The molecule has 0 aromatic heterocycles. The predicted molar refractivity (Wildman–Crippen MR) is 80.0 cm³/mol. The molecular weight excluding hydrogens is 622 g/mol. The maximum absolute atomic E-state index is 13.7. The van der Waals surface area contributed by atoms with E-state index in [4.69, 9.17) is 0 Å². The second-order valence-corrected chi connectivity index (χ2v) is 7.93. The summed E-state index contributed by atoms with van der Waals surface area (Å²) in [5, 5.41) is 0. The molecule has 0 spiro atoms. The molecule has 0 unspecified atom stereocenters. The van der Waals surface area contributed by atoms with Gasteiger partial charge >= 0.3 is 71.5 Å². The Morgan fingerprint density at radius 1 is 0.684 bits per heavy atom. The molecule has 0 N–H and O–H groups in total. The van der Waals surface area contributed by atoms with Gasteiger partial charge in [-0.1, -0.05) is 6.07 Å². The molecule has 0 bridgehead atoms. The summed E-state index contributed by atoms with van der Waals surface area (Å²) >= 11 is 0. The van der Waals surface area contributed by atoms with E-state index in [1.165, 1.54) is 0 Å². The number of hydrogen-bond donors (Lipinski definition) is 0. The van der Waals surface area contributed by atoms with Crippen molar-refractivity contribution >= 4 is 10.1 Å². The summed E-state index contributed by atoms with van der Waals surface area (Å²) in [4.78, 5) is -1.50. The van der Waals surface area contributed by atoms with Gasteiger partial charge in [-0.2, -0.15) is 65.9 Å². The quantitative estimate of drug-likeness (QED) is 0.240. The molecule has 38 heavy (non-hydrogen) atoms. The van der Waals surface area contributed by atoms with E-state index in [0.29, 0.717) is 12.1 Å². The summed E-state index contributed by atoms with van der Waals surface area (Å²) in [5.41, 5.74) is 0. The van der Waals surface area contributed by atoms with Gasteiger partial charge in [-0.15, -0.1) is 0 Å². The topological polar surface area (TPSA) is 66.4 Å². The first-order chi connectivity index (χ1) is 16.0. The number of benzene rings is 1. The normalized spacial score (nSPS) is 15.5. The third-order valence-electron chi connectivity index (χ3n) is 3.99. The smallest absolute Gasteiger partial charge is 0.744 e. The molecule has 0 radical (unpaired) electrons. The van der Waals surface area contributed by atoms with Crippen LogP contribution in [0.5, 0.6) is 5.75 Å². The van der Waals surface area contributed by atoms with Gasteiger partial charge in [0, 0.05) is 0 Å². The van der Waals surface area contributed by atoms with E-state index in [1.807, 2.05) is 0 Å². The zero-order chi connectivity index (χ0) is 29.8. The number of ether oxygens (including phenoxy) is 1. The Morgan fingerprint density at radius 3 is 1.50 bits per heavy atom. The van der Waals surface area contributed by atoms with Gasteiger partial charge in [0.05, 0.1) is 4.90 Å². The van der Waals surface area contributed by atoms with Crippen molar-refractivity contribution in [3.8, 4) is 5.75 Å². The van der Waals surface area contributed by atoms with E-state index in [-0.39, 0.29) is 41.7 Å². The minimum atomic E-state index is -8.40. The van der Waals surface area contributed by atoms with Gasteiger partial charge in [-0.3, -0.25) is 0 Å². The minimum absolute atomic E-state index is 0. The maximum Gasteiger partial charge on any atom is 1.00 e. The summed E-state index contributed by atoms with van der Waals surface area (Å²) in [5.74, 6) is -52.5. The number of halogens is 17. The molecule has 23 heteroatoms. The number of allylic oxidation sites excluding steroid dienone is 1. The zero-order valence-corrected chi connectivity index (χ0v) is 20.1. The largest absolute Gasteiger partial charge is 1.00 e. The average molecular weight is 626 g/mol. The van der Waals surface area contributed by atoms with Crippen molar-refractivity contribution in [1.82, 2.24) is 0 Å². The van der Waals surface area contributed by atoms with Crippen molar-refractivity contribution in [2.45, 2.75) is 46.8 Å². The first-order valence-corrected chi connectivity index (χ1v) is 9.55. The molecule has 1 aromatic carbocycles. The van der Waals surface area contributed by atoms with Gasteiger partial charge in [0.1, 0.15) is 15.9 Å². The average Bonchev–Trinajstić information content (AvgIpc) is 2.70. The van der Waals surface area contributed by atoms with Crippen LogP contribution < -0.4 is 34.3 Å². The molecule has 1 rings (SSSR count). The van der Waals surface area contributed by atoms with Crippen molar-refractivity contribution in [2.75, 3.05) is 0 Å². The Hall–Kier alpha value is -1.52. The van der Waals surface area contributed by atoms with Gasteiger partial charge in [0.25, 0.3) is 0 Å². The second-order valence-electron chi connectivity index (χ2n) is 6.55. The molecule has 4 nitrogen and oxygen atoms in total. The van der Waals surface area contributed by atoms with Crippen LogP contribution in [0.15, 0.2) is 40.8 Å². The van der Waals surface area contributed by atoms with Crippen molar-refractivity contribution in [3.63, 3.8) is 0 Å². The molecule has 0 aliphatic heterocycles. The standard InChI is InChI=1S/C15H5F17O4S.Na/c16-7(9(18,19)11(22,23)12(24,25)13(26,27)14(28,29)30)8(17)10(20,21)15(31,32)36-5-2-1-3-6(4-5)37(33,34)35;/h1-4H,(H,33,34,35);/q;+1/p-1/b8-7+;. The van der Waals surface area contributed by atoms with Gasteiger partial charge in [-0.25, -0.2) is 17.2 Å². The number of hydrogen-bond acceptors (Lipinski definition) is 4. The van der Waals surface area contributed by atoms with Gasteiger partial charge < -0.3 is 9.29 Å². The van der Waals surface area contributed by atoms with Crippen molar-refractivity contribution in [2.24, 2.45) is 0 Å². The first-order valence-electron chi connectivity index (χ1n) is 8.15.